The molecule has 2 unspecified atom stereocenters. The monoisotopic (exact) mass is 537 g/mol. The van der Waals surface area contributed by atoms with E-state index in [1.54, 1.807) is 25.7 Å². The summed E-state index contributed by atoms with van der Waals surface area (Å²) in [5.74, 6) is -0.921. The van der Waals surface area contributed by atoms with Gasteiger partial charge < -0.3 is 20.3 Å². The lowest BCUT2D eigenvalue weighted by Crippen LogP contribution is -2.59. The second kappa shape index (κ2) is 12.2. The van der Waals surface area contributed by atoms with Crippen LogP contribution in [-0.4, -0.2) is 40.0 Å². The second-order valence-electron chi connectivity index (χ2n) is 12.7. The number of benzene rings is 2. The molecule has 2 rings (SSSR count). The molecule has 0 radical (unpaired) electrons. The molecule has 0 aromatic heterocycles. The molecule has 2 aromatic carbocycles. The van der Waals surface area contributed by atoms with Crippen molar-refractivity contribution in [3.63, 3.8) is 0 Å². The Hall–Kier alpha value is -3.35. The Balaban J connectivity index is 2.70. The lowest BCUT2D eigenvalue weighted by atomic mass is 9.89. The minimum Gasteiger partial charge on any atom is -0.444 e. The van der Waals surface area contributed by atoms with E-state index in [0.717, 1.165) is 33.5 Å². The lowest BCUT2D eigenvalue weighted by molar-refractivity contribution is -0.147. The van der Waals surface area contributed by atoms with E-state index < -0.39 is 29.3 Å². The third-order valence-corrected chi connectivity index (χ3v) is 6.62. The molecule has 0 saturated carbocycles. The van der Waals surface area contributed by atoms with Crippen molar-refractivity contribution >= 4 is 23.6 Å². The molecule has 2 atom stereocenters. The highest BCUT2D eigenvalue weighted by molar-refractivity contribution is 6.00. The molecule has 0 aliphatic carbocycles. The van der Waals surface area contributed by atoms with E-state index in [1.807, 2.05) is 98.7 Å². The number of rotatable bonds is 7. The molecule has 3 amide bonds. The Labute approximate surface area is 234 Å². The van der Waals surface area contributed by atoms with Crippen molar-refractivity contribution < 1.29 is 19.1 Å². The number of carbonyl (C=O) groups excluding carboxylic acids is 3. The summed E-state index contributed by atoms with van der Waals surface area (Å²) in [7, 11) is 0. The third kappa shape index (κ3) is 8.07. The van der Waals surface area contributed by atoms with Crippen molar-refractivity contribution in [1.29, 1.82) is 0 Å². The number of carbonyl (C=O) groups is 3. The summed E-state index contributed by atoms with van der Waals surface area (Å²) >= 11 is 0. The number of para-hydroxylation sites is 1. The van der Waals surface area contributed by atoms with Gasteiger partial charge in [0.15, 0.2) is 0 Å². The fraction of sp³-hybridized carbons (Fsp3) is 0.531. The molecule has 2 N–H and O–H groups in total. The van der Waals surface area contributed by atoms with Gasteiger partial charge in [-0.25, -0.2) is 4.79 Å². The van der Waals surface area contributed by atoms with Crippen LogP contribution in [0.4, 0.5) is 10.5 Å². The van der Waals surface area contributed by atoms with Gasteiger partial charge in [-0.05, 0) is 103 Å². The predicted molar refractivity (Wildman–Crippen MR) is 158 cm³/mol. The largest absolute Gasteiger partial charge is 0.444 e. The van der Waals surface area contributed by atoms with Gasteiger partial charge in [-0.1, -0.05) is 50.2 Å². The van der Waals surface area contributed by atoms with Crippen LogP contribution in [0, 0.1) is 33.6 Å². The summed E-state index contributed by atoms with van der Waals surface area (Å²) in [6, 6.07) is 9.84. The Morgan fingerprint density at radius 2 is 1.26 bits per heavy atom. The van der Waals surface area contributed by atoms with Crippen molar-refractivity contribution in [3.05, 3.63) is 64.2 Å². The first-order chi connectivity index (χ1) is 17.8. The first-order valence-corrected chi connectivity index (χ1v) is 13.6. The molecule has 0 spiro atoms. The van der Waals surface area contributed by atoms with E-state index in [9.17, 15) is 14.4 Å². The van der Waals surface area contributed by atoms with E-state index >= 15 is 0 Å². The number of ether oxygens (including phenoxy) is 1. The Morgan fingerprint density at radius 3 is 1.67 bits per heavy atom. The van der Waals surface area contributed by atoms with Crippen LogP contribution in [0.5, 0.6) is 0 Å². The van der Waals surface area contributed by atoms with Crippen molar-refractivity contribution in [1.82, 2.24) is 10.2 Å². The molecule has 7 heteroatoms. The van der Waals surface area contributed by atoms with Crippen LogP contribution in [0.15, 0.2) is 36.4 Å². The van der Waals surface area contributed by atoms with Crippen LogP contribution in [0.2, 0.25) is 0 Å². The minimum absolute atomic E-state index is 0.254. The Bertz CT molecular complexity index is 1160. The number of amides is 3. The molecular formula is C32H47N3O4. The number of nitrogens with one attached hydrogen (secondary N) is 2. The smallest absolute Gasteiger partial charge is 0.408 e. The van der Waals surface area contributed by atoms with Crippen LogP contribution in [0.1, 0.15) is 89.2 Å². The van der Waals surface area contributed by atoms with Crippen LogP contribution in [0.3, 0.4) is 0 Å². The van der Waals surface area contributed by atoms with Gasteiger partial charge >= 0.3 is 6.09 Å². The van der Waals surface area contributed by atoms with Gasteiger partial charge in [0, 0.05) is 11.2 Å². The van der Waals surface area contributed by atoms with E-state index in [1.165, 1.54) is 0 Å². The van der Waals surface area contributed by atoms with Crippen LogP contribution < -0.4 is 10.6 Å². The maximum atomic E-state index is 14.4. The number of nitrogens with zero attached hydrogens (tertiary/aromatic N) is 1. The number of aryl methyl sites for hydroxylation is 4. The molecule has 7 nitrogen and oxygen atoms in total. The fourth-order valence-electron chi connectivity index (χ4n) is 4.78. The normalized spacial score (nSPS) is 13.5. The Morgan fingerprint density at radius 1 is 0.795 bits per heavy atom. The predicted octanol–water partition coefficient (Wildman–Crippen LogP) is 6.78. The zero-order valence-electron chi connectivity index (χ0n) is 25.8. The summed E-state index contributed by atoms with van der Waals surface area (Å²) in [6.45, 7) is 22.6. The first kappa shape index (κ1) is 31.9. The summed E-state index contributed by atoms with van der Waals surface area (Å²) in [5, 5.41) is 5.92. The number of anilines is 1. The first-order valence-electron chi connectivity index (χ1n) is 13.6. The summed E-state index contributed by atoms with van der Waals surface area (Å²) in [5.41, 5.74) is 3.69. The highest BCUT2D eigenvalue weighted by Gasteiger charge is 2.43. The molecular weight excluding hydrogens is 490 g/mol. The number of hydrogen-bond donors (Lipinski definition) is 2. The van der Waals surface area contributed by atoms with Gasteiger partial charge in [0.2, 0.25) is 5.91 Å². The van der Waals surface area contributed by atoms with Gasteiger partial charge in [0.05, 0.1) is 0 Å². The summed E-state index contributed by atoms with van der Waals surface area (Å²) in [4.78, 5) is 43.1. The van der Waals surface area contributed by atoms with Gasteiger partial charge in [-0.2, -0.15) is 0 Å². The van der Waals surface area contributed by atoms with E-state index in [0.29, 0.717) is 0 Å². The SMILES string of the molecule is Cc1cccc(C)c1NC(=O)C(c1c(C)cccc1C)N(C(=O)C(NC(=O)OC(C)(C)C)C(C)C)C(C)(C)C. The topological polar surface area (TPSA) is 87.7 Å². The standard InChI is InChI=1S/C32H47N3O4/c1-19(2)25(34-30(38)39-32(10,11)12)29(37)35(31(7,8)9)27(24-20(3)15-13-16-21(24)4)28(36)33-26-22(5)17-14-18-23(26)6/h13-19,25,27H,1-12H3,(H,33,36)(H,34,38). The van der Waals surface area contributed by atoms with Crippen molar-refractivity contribution in [2.45, 2.75) is 106 Å². The molecule has 0 aliphatic rings. The highest BCUT2D eigenvalue weighted by Crippen LogP contribution is 2.35. The maximum absolute atomic E-state index is 14.4. The number of alkyl carbamates (subject to hydrolysis) is 1. The molecule has 39 heavy (non-hydrogen) atoms. The van der Waals surface area contributed by atoms with Gasteiger partial charge in [-0.15, -0.1) is 0 Å². The van der Waals surface area contributed by atoms with Gasteiger partial charge in [0.25, 0.3) is 5.91 Å². The second-order valence-corrected chi connectivity index (χ2v) is 12.7. The lowest BCUT2D eigenvalue weighted by Gasteiger charge is -2.44. The minimum atomic E-state index is -0.945. The van der Waals surface area contributed by atoms with Crippen LogP contribution in [0.25, 0.3) is 0 Å². The van der Waals surface area contributed by atoms with Crippen molar-refractivity contribution in [2.24, 2.45) is 5.92 Å². The molecule has 0 fully saturated rings. The number of hydrogen-bond acceptors (Lipinski definition) is 4. The molecule has 0 heterocycles. The van der Waals surface area contributed by atoms with Crippen LogP contribution >= 0.6 is 0 Å². The van der Waals surface area contributed by atoms with Crippen molar-refractivity contribution in [3.8, 4) is 0 Å². The molecule has 2 aromatic rings. The van der Waals surface area contributed by atoms with Crippen molar-refractivity contribution in [2.75, 3.05) is 5.32 Å². The van der Waals surface area contributed by atoms with Gasteiger partial charge in [0.1, 0.15) is 17.7 Å². The fourth-order valence-corrected chi connectivity index (χ4v) is 4.78. The summed E-state index contributed by atoms with van der Waals surface area (Å²) in [6.07, 6.45) is -0.674. The summed E-state index contributed by atoms with van der Waals surface area (Å²) < 4.78 is 5.47. The molecule has 0 saturated heterocycles. The van der Waals surface area contributed by atoms with Gasteiger partial charge in [-0.3, -0.25) is 9.59 Å². The Kier molecular flexibility index (Phi) is 9.99. The zero-order valence-corrected chi connectivity index (χ0v) is 25.8. The van der Waals surface area contributed by atoms with E-state index in [-0.39, 0.29) is 17.7 Å². The average Bonchev–Trinajstić information content (AvgIpc) is 2.76. The molecule has 0 aliphatic heterocycles. The average molecular weight is 538 g/mol. The van der Waals surface area contributed by atoms with Crippen LogP contribution in [-0.2, 0) is 14.3 Å². The maximum Gasteiger partial charge on any atom is 0.408 e. The quantitative estimate of drug-likeness (QED) is 0.408. The third-order valence-electron chi connectivity index (χ3n) is 6.62. The molecule has 214 valence electrons. The molecule has 0 bridgehead atoms. The zero-order chi connectivity index (χ0) is 29.9. The van der Waals surface area contributed by atoms with E-state index in [2.05, 4.69) is 10.6 Å². The van der Waals surface area contributed by atoms with E-state index in [4.69, 9.17) is 4.74 Å². The highest BCUT2D eigenvalue weighted by atomic mass is 16.6.